The lowest BCUT2D eigenvalue weighted by Gasteiger charge is -2.20. The highest BCUT2D eigenvalue weighted by molar-refractivity contribution is 6.22. The monoisotopic (exact) mass is 608 g/mol. The van der Waals surface area contributed by atoms with E-state index in [1.165, 1.54) is 88.0 Å². The summed E-state index contributed by atoms with van der Waals surface area (Å²) in [7, 11) is 0. The second-order valence-electron chi connectivity index (χ2n) is 12.5. The van der Waals surface area contributed by atoms with Crippen LogP contribution >= 0.6 is 0 Å². The molecule has 0 radical (unpaired) electrons. The Kier molecular flexibility index (Phi) is 6.91. The Labute approximate surface area is 281 Å². The smallest absolute Gasteiger partial charge is 0.00259 e. The largest absolute Gasteiger partial charge is 0.0622 e. The highest BCUT2D eigenvalue weighted by Gasteiger charge is 2.19. The van der Waals surface area contributed by atoms with Crippen molar-refractivity contribution in [2.24, 2.45) is 0 Å². The second kappa shape index (κ2) is 11.8. The van der Waals surface area contributed by atoms with Gasteiger partial charge in [0.25, 0.3) is 0 Å². The molecule has 48 heavy (non-hydrogen) atoms. The molecule has 0 heterocycles. The van der Waals surface area contributed by atoms with Gasteiger partial charge < -0.3 is 0 Å². The van der Waals surface area contributed by atoms with Crippen molar-refractivity contribution < 1.29 is 0 Å². The molecule has 0 N–H and O–H groups in total. The molecule has 0 bridgehead atoms. The zero-order valence-electron chi connectivity index (χ0n) is 26.5. The van der Waals surface area contributed by atoms with Crippen LogP contribution in [0.2, 0.25) is 0 Å². The molecule has 9 aromatic rings. The number of fused-ring (bicyclic) bond motifs is 3. The van der Waals surface area contributed by atoms with E-state index in [-0.39, 0.29) is 0 Å². The first-order chi connectivity index (χ1) is 23.8. The molecule has 0 aromatic heterocycles. The van der Waals surface area contributed by atoms with Crippen LogP contribution in [0.15, 0.2) is 194 Å². The van der Waals surface area contributed by atoms with Crippen molar-refractivity contribution in [2.45, 2.75) is 0 Å². The van der Waals surface area contributed by atoms with E-state index in [1.54, 1.807) is 0 Å². The maximum atomic E-state index is 2.43. The van der Waals surface area contributed by atoms with Crippen molar-refractivity contribution in [3.05, 3.63) is 194 Å². The van der Waals surface area contributed by atoms with Crippen LogP contribution in [0.4, 0.5) is 0 Å². The summed E-state index contributed by atoms with van der Waals surface area (Å²) in [5.74, 6) is 0. The fourth-order valence-corrected chi connectivity index (χ4v) is 7.42. The molecule has 0 fully saturated rings. The van der Waals surface area contributed by atoms with Gasteiger partial charge in [-0.25, -0.2) is 0 Å². The zero-order valence-corrected chi connectivity index (χ0v) is 26.5. The molecule has 0 amide bonds. The molecular weight excluding hydrogens is 577 g/mol. The van der Waals surface area contributed by atoms with Gasteiger partial charge in [-0.1, -0.05) is 170 Å². The molecule has 9 rings (SSSR count). The highest BCUT2D eigenvalue weighted by Crippen LogP contribution is 2.46. The standard InChI is InChI=1S/C48H32/c1-4-15-33(16-5-1)38-29-39(34-17-6-2-7-18-34)31-40(30-38)48-44-25-13-12-24-43(44)47(36-20-8-3-9-21-36)46-32-37(27-28-45(46)48)42-26-14-22-35-19-10-11-23-41(35)42/h1-32H. The molecule has 9 aromatic carbocycles. The number of hydrogen-bond donors (Lipinski definition) is 0. The van der Waals surface area contributed by atoms with Crippen LogP contribution in [0.5, 0.6) is 0 Å². The van der Waals surface area contributed by atoms with E-state index in [1.807, 2.05) is 0 Å². The number of benzene rings is 9. The Hall–Kier alpha value is -6.24. The van der Waals surface area contributed by atoms with E-state index in [0.717, 1.165) is 0 Å². The van der Waals surface area contributed by atoms with Crippen LogP contribution in [-0.4, -0.2) is 0 Å². The van der Waals surface area contributed by atoms with Crippen molar-refractivity contribution in [3.63, 3.8) is 0 Å². The van der Waals surface area contributed by atoms with Crippen molar-refractivity contribution in [1.29, 1.82) is 0 Å². The highest BCUT2D eigenvalue weighted by atomic mass is 14.2. The molecule has 0 aliphatic heterocycles. The molecule has 0 unspecified atom stereocenters. The van der Waals surface area contributed by atoms with Crippen LogP contribution in [0.3, 0.4) is 0 Å². The summed E-state index contributed by atoms with van der Waals surface area (Å²) in [5.41, 5.74) is 12.3. The molecule has 0 heteroatoms. The minimum atomic E-state index is 1.21. The minimum absolute atomic E-state index is 1.21. The fourth-order valence-electron chi connectivity index (χ4n) is 7.42. The van der Waals surface area contributed by atoms with Crippen molar-refractivity contribution >= 4 is 32.3 Å². The van der Waals surface area contributed by atoms with E-state index in [0.29, 0.717) is 0 Å². The molecule has 0 atom stereocenters. The lowest BCUT2D eigenvalue weighted by atomic mass is 9.83. The molecule has 224 valence electrons. The first kappa shape index (κ1) is 28.0. The van der Waals surface area contributed by atoms with Crippen molar-refractivity contribution in [3.8, 4) is 55.6 Å². The molecular formula is C48H32. The molecule has 0 saturated heterocycles. The predicted molar refractivity (Wildman–Crippen MR) is 206 cm³/mol. The van der Waals surface area contributed by atoms with Crippen LogP contribution in [-0.2, 0) is 0 Å². The van der Waals surface area contributed by atoms with Crippen LogP contribution < -0.4 is 0 Å². The Morgan fingerprint density at radius 3 is 1.29 bits per heavy atom. The zero-order chi connectivity index (χ0) is 31.9. The van der Waals surface area contributed by atoms with E-state index in [9.17, 15) is 0 Å². The normalized spacial score (nSPS) is 11.3. The maximum Gasteiger partial charge on any atom is -0.00259 e. The average molecular weight is 609 g/mol. The van der Waals surface area contributed by atoms with Gasteiger partial charge in [0.15, 0.2) is 0 Å². The Morgan fingerprint density at radius 2 is 0.667 bits per heavy atom. The van der Waals surface area contributed by atoms with Crippen LogP contribution in [0.25, 0.3) is 88.0 Å². The van der Waals surface area contributed by atoms with Crippen LogP contribution in [0, 0.1) is 0 Å². The lowest BCUT2D eigenvalue weighted by Crippen LogP contribution is -1.93. The number of rotatable bonds is 5. The summed E-state index contributed by atoms with van der Waals surface area (Å²) in [6.45, 7) is 0. The molecule has 0 aliphatic carbocycles. The Bertz CT molecular complexity index is 2520. The Balaban J connectivity index is 1.40. The first-order valence-corrected chi connectivity index (χ1v) is 16.6. The second-order valence-corrected chi connectivity index (χ2v) is 12.5. The van der Waals surface area contributed by atoms with Gasteiger partial charge in [0.1, 0.15) is 0 Å². The third-order valence-electron chi connectivity index (χ3n) is 9.62. The topological polar surface area (TPSA) is 0 Å². The summed E-state index contributed by atoms with van der Waals surface area (Å²) >= 11 is 0. The fraction of sp³-hybridized carbons (Fsp3) is 0. The quantitative estimate of drug-likeness (QED) is 0.171. The lowest BCUT2D eigenvalue weighted by molar-refractivity contribution is 1.58. The molecule has 0 saturated carbocycles. The molecule has 0 spiro atoms. The van der Waals surface area contributed by atoms with E-state index in [2.05, 4.69) is 194 Å². The van der Waals surface area contributed by atoms with E-state index < -0.39 is 0 Å². The van der Waals surface area contributed by atoms with Crippen LogP contribution in [0.1, 0.15) is 0 Å². The Morgan fingerprint density at radius 1 is 0.208 bits per heavy atom. The molecule has 0 nitrogen and oxygen atoms in total. The SMILES string of the molecule is c1ccc(-c2cc(-c3ccccc3)cc(-c3c4ccccc4c(-c4ccccc4)c4cc(-c5cccc6ccccc56)ccc34)c2)cc1. The number of hydrogen-bond acceptors (Lipinski definition) is 0. The van der Waals surface area contributed by atoms with Gasteiger partial charge in [-0.05, 0) is 112 Å². The van der Waals surface area contributed by atoms with E-state index in [4.69, 9.17) is 0 Å². The third kappa shape index (κ3) is 4.87. The summed E-state index contributed by atoms with van der Waals surface area (Å²) < 4.78 is 0. The van der Waals surface area contributed by atoms with E-state index >= 15 is 0 Å². The average Bonchev–Trinajstić information content (AvgIpc) is 3.17. The summed E-state index contributed by atoms with van der Waals surface area (Å²) in [4.78, 5) is 0. The van der Waals surface area contributed by atoms with Gasteiger partial charge in [0, 0.05) is 0 Å². The van der Waals surface area contributed by atoms with Gasteiger partial charge in [0.05, 0.1) is 0 Å². The van der Waals surface area contributed by atoms with Gasteiger partial charge in [-0.2, -0.15) is 0 Å². The van der Waals surface area contributed by atoms with Crippen molar-refractivity contribution in [1.82, 2.24) is 0 Å². The maximum absolute atomic E-state index is 2.43. The third-order valence-corrected chi connectivity index (χ3v) is 9.62. The summed E-state index contributed by atoms with van der Waals surface area (Å²) in [6.07, 6.45) is 0. The van der Waals surface area contributed by atoms with Gasteiger partial charge >= 0.3 is 0 Å². The summed E-state index contributed by atoms with van der Waals surface area (Å²) in [5, 5.41) is 7.54. The predicted octanol–water partition coefficient (Wildman–Crippen LogP) is 13.5. The van der Waals surface area contributed by atoms with Gasteiger partial charge in [-0.3, -0.25) is 0 Å². The summed E-state index contributed by atoms with van der Waals surface area (Å²) in [6, 6.07) is 70.8. The molecule has 0 aliphatic rings. The van der Waals surface area contributed by atoms with Crippen molar-refractivity contribution in [2.75, 3.05) is 0 Å². The van der Waals surface area contributed by atoms with Gasteiger partial charge in [-0.15, -0.1) is 0 Å². The first-order valence-electron chi connectivity index (χ1n) is 16.6. The minimum Gasteiger partial charge on any atom is -0.0622 e. The van der Waals surface area contributed by atoms with Gasteiger partial charge in [0.2, 0.25) is 0 Å².